The summed E-state index contributed by atoms with van der Waals surface area (Å²) in [6, 6.07) is 0. The molecule has 0 spiro atoms. The number of aromatic amines is 1. The van der Waals surface area contributed by atoms with Crippen LogP contribution in [-0.2, 0) is 0 Å². The fourth-order valence-electron chi connectivity index (χ4n) is 0.262. The second-order valence-electron chi connectivity index (χ2n) is 1.01. The summed E-state index contributed by atoms with van der Waals surface area (Å²) in [4.78, 5) is 5.51. The van der Waals surface area contributed by atoms with Crippen LogP contribution in [0.3, 0.4) is 0 Å². The number of hydrogen-bond donors (Lipinski definition) is 1. The molecule has 2 nitrogen and oxygen atoms in total. The number of H-pyrrole nitrogens is 1. The van der Waals surface area contributed by atoms with E-state index < -0.39 is 5.95 Å². The van der Waals surface area contributed by atoms with E-state index in [2.05, 4.69) is 9.97 Å². The van der Waals surface area contributed by atoms with Gasteiger partial charge in [-0.3, -0.25) is 0 Å². The van der Waals surface area contributed by atoms with E-state index in [1.54, 1.807) is 0 Å². The van der Waals surface area contributed by atoms with E-state index in [-0.39, 0.29) is 5.15 Å². The zero-order valence-corrected chi connectivity index (χ0v) is 4.04. The van der Waals surface area contributed by atoms with Crippen LogP contribution in [0.1, 0.15) is 0 Å². The van der Waals surface area contributed by atoms with Crippen molar-refractivity contribution in [1.82, 2.24) is 9.97 Å². The predicted molar refractivity (Wildman–Crippen MR) is 23.6 cm³/mol. The van der Waals surface area contributed by atoms with Crippen LogP contribution in [0.2, 0.25) is 5.15 Å². The van der Waals surface area contributed by atoms with Crippen molar-refractivity contribution < 1.29 is 4.39 Å². The quantitative estimate of drug-likeness (QED) is 0.548. The van der Waals surface area contributed by atoms with Gasteiger partial charge in [-0.2, -0.15) is 4.39 Å². The molecule has 1 heterocycles. The fourth-order valence-corrected chi connectivity index (χ4v) is 0.365. The number of nitrogens with zero attached hydrogens (tertiary/aromatic N) is 1. The monoisotopic (exact) mass is 120 g/mol. The molecule has 0 aliphatic carbocycles. The normalized spacial score (nSPS) is 9.43. The van der Waals surface area contributed by atoms with Crippen molar-refractivity contribution in [1.29, 1.82) is 0 Å². The molecule has 0 fully saturated rings. The number of aromatic nitrogens is 2. The first kappa shape index (κ1) is 4.59. The molecule has 0 unspecified atom stereocenters. The van der Waals surface area contributed by atoms with Crippen molar-refractivity contribution >= 4 is 11.6 Å². The van der Waals surface area contributed by atoms with Gasteiger partial charge in [-0.15, -0.1) is 0 Å². The van der Waals surface area contributed by atoms with E-state index in [0.717, 1.165) is 0 Å². The van der Waals surface area contributed by atoms with Gasteiger partial charge < -0.3 is 4.98 Å². The van der Waals surface area contributed by atoms with Crippen LogP contribution in [0.4, 0.5) is 4.39 Å². The molecule has 0 aromatic carbocycles. The molecule has 1 N–H and O–H groups in total. The highest BCUT2D eigenvalue weighted by molar-refractivity contribution is 6.29. The highest BCUT2D eigenvalue weighted by Crippen LogP contribution is 2.04. The molecule has 0 saturated heterocycles. The fraction of sp³-hybridized carbons (Fsp3) is 0. The Morgan fingerprint density at radius 2 is 2.57 bits per heavy atom. The lowest BCUT2D eigenvalue weighted by atomic mass is 10.9. The van der Waals surface area contributed by atoms with E-state index in [1.807, 2.05) is 0 Å². The number of hydrogen-bond acceptors (Lipinski definition) is 1. The summed E-state index contributed by atoms with van der Waals surface area (Å²) in [7, 11) is 0. The maximum absolute atomic E-state index is 11.8. The van der Waals surface area contributed by atoms with Crippen molar-refractivity contribution in [2.24, 2.45) is 0 Å². The Hall–Kier alpha value is -0.570. The highest BCUT2D eigenvalue weighted by Gasteiger charge is 1.95. The molecule has 0 aliphatic rings. The molecule has 1 rings (SSSR count). The van der Waals surface area contributed by atoms with Crippen LogP contribution in [-0.4, -0.2) is 9.97 Å². The third-order valence-corrected chi connectivity index (χ3v) is 0.814. The van der Waals surface area contributed by atoms with E-state index in [9.17, 15) is 4.39 Å². The summed E-state index contributed by atoms with van der Waals surface area (Å²) in [5.41, 5.74) is 0. The molecular formula is C3H2ClFN2. The Balaban J connectivity index is 3.12. The molecule has 0 bridgehead atoms. The molecule has 7 heavy (non-hydrogen) atoms. The Morgan fingerprint density at radius 1 is 1.86 bits per heavy atom. The first-order chi connectivity index (χ1) is 3.30. The second kappa shape index (κ2) is 1.50. The average molecular weight is 121 g/mol. The Kier molecular flexibility index (Phi) is 0.982. The van der Waals surface area contributed by atoms with Gasteiger partial charge in [0.15, 0.2) is 5.15 Å². The van der Waals surface area contributed by atoms with Gasteiger partial charge in [0.05, 0.1) is 6.33 Å². The van der Waals surface area contributed by atoms with Crippen molar-refractivity contribution in [2.75, 3.05) is 0 Å². The minimum absolute atomic E-state index is 0.111. The summed E-state index contributed by atoms with van der Waals surface area (Å²) in [5.74, 6) is -0.582. The van der Waals surface area contributed by atoms with E-state index in [4.69, 9.17) is 11.6 Å². The van der Waals surface area contributed by atoms with Gasteiger partial charge >= 0.3 is 0 Å². The lowest BCUT2D eigenvalue weighted by molar-refractivity contribution is 0.591. The van der Waals surface area contributed by atoms with Gasteiger partial charge in [-0.25, -0.2) is 4.98 Å². The largest absolute Gasteiger partial charge is 0.320 e. The summed E-state index contributed by atoms with van der Waals surface area (Å²) >= 11 is 5.11. The van der Waals surface area contributed by atoms with Crippen molar-refractivity contribution in [3.63, 3.8) is 0 Å². The van der Waals surface area contributed by atoms with Gasteiger partial charge in [0.25, 0.3) is 0 Å². The lowest BCUT2D eigenvalue weighted by Crippen LogP contribution is -1.66. The number of halogens is 2. The first-order valence-corrected chi connectivity index (χ1v) is 2.03. The molecule has 1 aromatic heterocycles. The maximum atomic E-state index is 11.8. The van der Waals surface area contributed by atoms with Crippen molar-refractivity contribution in [2.45, 2.75) is 0 Å². The minimum atomic E-state index is -0.582. The Bertz CT molecular complexity index is 145. The Labute approximate surface area is 44.3 Å². The van der Waals surface area contributed by atoms with E-state index in [1.165, 1.54) is 6.33 Å². The maximum Gasteiger partial charge on any atom is 0.229 e. The van der Waals surface area contributed by atoms with Crippen LogP contribution >= 0.6 is 11.6 Å². The molecule has 4 heteroatoms. The molecule has 1 aromatic rings. The Morgan fingerprint density at radius 3 is 2.71 bits per heavy atom. The molecule has 0 amide bonds. The van der Waals surface area contributed by atoms with Crippen LogP contribution in [0.15, 0.2) is 6.33 Å². The summed E-state index contributed by atoms with van der Waals surface area (Å²) in [5, 5.41) is -0.111. The summed E-state index contributed by atoms with van der Waals surface area (Å²) in [6.45, 7) is 0. The van der Waals surface area contributed by atoms with Crippen LogP contribution in [0.5, 0.6) is 0 Å². The van der Waals surface area contributed by atoms with Gasteiger partial charge in [-0.05, 0) is 0 Å². The zero-order valence-electron chi connectivity index (χ0n) is 3.28. The molecule has 0 atom stereocenters. The van der Waals surface area contributed by atoms with Crippen LogP contribution in [0, 0.1) is 5.95 Å². The smallest absolute Gasteiger partial charge is 0.229 e. The zero-order chi connectivity index (χ0) is 5.28. The summed E-state index contributed by atoms with van der Waals surface area (Å²) in [6.07, 6.45) is 1.19. The van der Waals surface area contributed by atoms with Crippen molar-refractivity contribution in [3.8, 4) is 0 Å². The second-order valence-corrected chi connectivity index (χ2v) is 1.37. The predicted octanol–water partition coefficient (Wildman–Crippen LogP) is 1.20. The average Bonchev–Trinajstić information content (AvgIpc) is 1.91. The standard InChI is InChI=1S/C3H2ClFN2/c4-2-3(5)7-1-6-2/h1H,(H,6,7). The summed E-state index contributed by atoms with van der Waals surface area (Å²) < 4.78 is 11.8. The SMILES string of the molecule is Fc1[nH]cnc1Cl. The van der Waals surface area contributed by atoms with Gasteiger partial charge in [0.1, 0.15) is 0 Å². The van der Waals surface area contributed by atoms with Gasteiger partial charge in [0, 0.05) is 0 Å². The third kappa shape index (κ3) is 0.718. The molecule has 0 aliphatic heterocycles. The minimum Gasteiger partial charge on any atom is -0.320 e. The highest BCUT2D eigenvalue weighted by atomic mass is 35.5. The van der Waals surface area contributed by atoms with Gasteiger partial charge in [-0.1, -0.05) is 11.6 Å². The lowest BCUT2D eigenvalue weighted by Gasteiger charge is -1.71. The third-order valence-electron chi connectivity index (χ3n) is 0.550. The topological polar surface area (TPSA) is 28.7 Å². The van der Waals surface area contributed by atoms with Gasteiger partial charge in [0.2, 0.25) is 5.95 Å². The molecule has 38 valence electrons. The first-order valence-electron chi connectivity index (χ1n) is 1.65. The van der Waals surface area contributed by atoms with E-state index in [0.29, 0.717) is 0 Å². The number of rotatable bonds is 0. The van der Waals surface area contributed by atoms with Crippen LogP contribution < -0.4 is 0 Å². The molecular weight excluding hydrogens is 118 g/mol. The van der Waals surface area contributed by atoms with E-state index >= 15 is 0 Å². The number of imidazole rings is 1. The molecule has 0 saturated carbocycles. The van der Waals surface area contributed by atoms with Crippen LogP contribution in [0.25, 0.3) is 0 Å². The number of nitrogens with one attached hydrogen (secondary N) is 1. The molecule has 0 radical (unpaired) electrons. The van der Waals surface area contributed by atoms with Crippen molar-refractivity contribution in [3.05, 3.63) is 17.4 Å².